The second-order valence-electron chi connectivity index (χ2n) is 4.13. The lowest BCUT2D eigenvalue weighted by Crippen LogP contribution is -2.33. The van der Waals surface area contributed by atoms with Crippen LogP contribution < -0.4 is 5.73 Å². The lowest BCUT2D eigenvalue weighted by Gasteiger charge is -2.25. The maximum atomic E-state index is 11.2. The molecule has 104 valence electrons. The first-order chi connectivity index (χ1) is 8.24. The van der Waals surface area contributed by atoms with E-state index in [4.69, 9.17) is 17.3 Å². The van der Waals surface area contributed by atoms with Crippen LogP contribution in [-0.2, 0) is 9.84 Å². The number of nitrogens with zero attached hydrogens (tertiary/aromatic N) is 1. The topological polar surface area (TPSA) is 63.4 Å². The van der Waals surface area contributed by atoms with E-state index in [0.29, 0.717) is 17.4 Å². The third-order valence-electron chi connectivity index (χ3n) is 2.56. The Morgan fingerprint density at radius 3 is 2.61 bits per heavy atom. The van der Waals surface area contributed by atoms with Crippen LogP contribution in [0, 0.1) is 0 Å². The van der Waals surface area contributed by atoms with Gasteiger partial charge in [-0.15, -0.1) is 11.3 Å². The standard InChI is InChI=1S/C10H16BrClN2O2S2/c1-14(3-4-18(2,15)16)8(6-13)9-5-7(11)10(12)17-9/h5,8H,3-4,6,13H2,1-2H3. The number of sulfone groups is 1. The number of rotatable bonds is 6. The van der Waals surface area contributed by atoms with E-state index < -0.39 is 9.84 Å². The molecule has 1 atom stereocenters. The molecule has 0 amide bonds. The lowest BCUT2D eigenvalue weighted by atomic mass is 10.2. The van der Waals surface area contributed by atoms with Crippen molar-refractivity contribution in [2.24, 2.45) is 5.73 Å². The molecule has 0 aromatic carbocycles. The summed E-state index contributed by atoms with van der Waals surface area (Å²) in [5.41, 5.74) is 5.76. The molecule has 18 heavy (non-hydrogen) atoms. The molecular weight excluding hydrogens is 360 g/mol. The Balaban J connectivity index is 2.77. The highest BCUT2D eigenvalue weighted by molar-refractivity contribution is 9.10. The van der Waals surface area contributed by atoms with Gasteiger partial charge in [-0.05, 0) is 29.0 Å². The number of nitrogens with two attached hydrogens (primary N) is 1. The van der Waals surface area contributed by atoms with Crippen molar-refractivity contribution >= 4 is 48.7 Å². The molecule has 0 aliphatic carbocycles. The lowest BCUT2D eigenvalue weighted by molar-refractivity contribution is 0.268. The average Bonchev–Trinajstić information content (AvgIpc) is 2.56. The number of hydrogen-bond donors (Lipinski definition) is 1. The quantitative estimate of drug-likeness (QED) is 0.827. The van der Waals surface area contributed by atoms with Crippen molar-refractivity contribution in [3.05, 3.63) is 19.8 Å². The largest absolute Gasteiger partial charge is 0.329 e. The van der Waals surface area contributed by atoms with Crippen LogP contribution in [0.15, 0.2) is 10.5 Å². The van der Waals surface area contributed by atoms with Gasteiger partial charge in [0.2, 0.25) is 0 Å². The van der Waals surface area contributed by atoms with E-state index in [2.05, 4.69) is 15.9 Å². The minimum Gasteiger partial charge on any atom is -0.329 e. The van der Waals surface area contributed by atoms with E-state index in [-0.39, 0.29) is 11.8 Å². The van der Waals surface area contributed by atoms with Crippen LogP contribution in [0.2, 0.25) is 4.34 Å². The van der Waals surface area contributed by atoms with Crippen LogP contribution in [0.1, 0.15) is 10.9 Å². The van der Waals surface area contributed by atoms with Crippen molar-refractivity contribution in [3.8, 4) is 0 Å². The zero-order chi connectivity index (χ0) is 13.9. The fraction of sp³-hybridized carbons (Fsp3) is 0.600. The predicted octanol–water partition coefficient (Wildman–Crippen LogP) is 2.14. The Hall–Kier alpha value is 0.340. The van der Waals surface area contributed by atoms with E-state index in [9.17, 15) is 8.42 Å². The maximum Gasteiger partial charge on any atom is 0.148 e. The molecule has 1 heterocycles. The summed E-state index contributed by atoms with van der Waals surface area (Å²) in [6.07, 6.45) is 1.23. The fourth-order valence-corrected chi connectivity index (χ4v) is 4.04. The molecule has 0 saturated carbocycles. The maximum absolute atomic E-state index is 11.2. The van der Waals surface area contributed by atoms with Gasteiger partial charge >= 0.3 is 0 Å². The molecule has 2 N–H and O–H groups in total. The molecule has 0 radical (unpaired) electrons. The van der Waals surface area contributed by atoms with Gasteiger partial charge < -0.3 is 5.73 Å². The molecule has 0 saturated heterocycles. The summed E-state index contributed by atoms with van der Waals surface area (Å²) in [4.78, 5) is 2.97. The third-order valence-corrected chi connectivity index (χ3v) is 6.06. The first-order valence-electron chi connectivity index (χ1n) is 5.27. The predicted molar refractivity (Wildman–Crippen MR) is 81.2 cm³/mol. The van der Waals surface area contributed by atoms with Crippen molar-refractivity contribution in [2.75, 3.05) is 32.1 Å². The first kappa shape index (κ1) is 16.4. The molecule has 0 fully saturated rings. The smallest absolute Gasteiger partial charge is 0.148 e. The molecule has 8 heteroatoms. The van der Waals surface area contributed by atoms with Gasteiger partial charge in [-0.3, -0.25) is 4.90 Å². The Morgan fingerprint density at radius 1 is 1.61 bits per heavy atom. The molecular formula is C10H16BrClN2O2S2. The van der Waals surface area contributed by atoms with E-state index in [1.807, 2.05) is 18.0 Å². The van der Waals surface area contributed by atoms with Crippen molar-refractivity contribution < 1.29 is 8.42 Å². The van der Waals surface area contributed by atoms with Crippen LogP contribution in [-0.4, -0.2) is 45.5 Å². The highest BCUT2D eigenvalue weighted by Crippen LogP contribution is 2.36. The first-order valence-corrected chi connectivity index (χ1v) is 9.32. The van der Waals surface area contributed by atoms with Gasteiger partial charge in [0.15, 0.2) is 0 Å². The molecule has 0 aliphatic heterocycles. The number of thiophene rings is 1. The van der Waals surface area contributed by atoms with Crippen molar-refractivity contribution in [1.29, 1.82) is 0 Å². The van der Waals surface area contributed by atoms with E-state index >= 15 is 0 Å². The molecule has 0 spiro atoms. The van der Waals surface area contributed by atoms with Crippen LogP contribution in [0.4, 0.5) is 0 Å². The summed E-state index contributed by atoms with van der Waals surface area (Å²) >= 11 is 10.8. The second kappa shape index (κ2) is 6.67. The van der Waals surface area contributed by atoms with Crippen molar-refractivity contribution in [1.82, 2.24) is 4.90 Å². The molecule has 1 unspecified atom stereocenters. The highest BCUT2D eigenvalue weighted by atomic mass is 79.9. The fourth-order valence-electron chi connectivity index (χ4n) is 1.51. The van der Waals surface area contributed by atoms with Crippen molar-refractivity contribution in [2.45, 2.75) is 6.04 Å². The van der Waals surface area contributed by atoms with Crippen LogP contribution >= 0.6 is 38.9 Å². The summed E-state index contributed by atoms with van der Waals surface area (Å²) in [5, 5.41) is 0. The number of likely N-dealkylation sites (N-methyl/N-ethyl adjacent to an activating group) is 1. The molecule has 0 aliphatic rings. The number of halogens is 2. The van der Waals surface area contributed by atoms with Crippen LogP contribution in [0.25, 0.3) is 0 Å². The number of hydrogen-bond acceptors (Lipinski definition) is 5. The van der Waals surface area contributed by atoms with Gasteiger partial charge in [-0.1, -0.05) is 11.6 Å². The molecule has 1 aromatic heterocycles. The average molecular weight is 376 g/mol. The minimum absolute atomic E-state index is 0.0134. The van der Waals surface area contributed by atoms with Gasteiger partial charge in [0.25, 0.3) is 0 Å². The zero-order valence-electron chi connectivity index (χ0n) is 10.2. The van der Waals surface area contributed by atoms with Crippen LogP contribution in [0.5, 0.6) is 0 Å². The normalized spacial score (nSPS) is 14.1. The Kier molecular flexibility index (Phi) is 6.08. The zero-order valence-corrected chi connectivity index (χ0v) is 14.2. The van der Waals surface area contributed by atoms with Crippen LogP contribution in [0.3, 0.4) is 0 Å². The van der Waals surface area contributed by atoms with E-state index in [1.54, 1.807) is 0 Å². The molecule has 1 rings (SSSR count). The summed E-state index contributed by atoms with van der Waals surface area (Å²) < 4.78 is 23.8. The SMILES string of the molecule is CN(CCS(C)(=O)=O)C(CN)c1cc(Br)c(Cl)s1. The van der Waals surface area contributed by atoms with Gasteiger partial charge in [-0.25, -0.2) is 8.42 Å². The van der Waals surface area contributed by atoms with Gasteiger partial charge in [-0.2, -0.15) is 0 Å². The Bertz CT molecular complexity index is 484. The summed E-state index contributed by atoms with van der Waals surface area (Å²) in [6.45, 7) is 0.872. The second-order valence-corrected chi connectivity index (χ2v) is 8.93. The monoisotopic (exact) mass is 374 g/mol. The molecule has 4 nitrogen and oxygen atoms in total. The Labute approximate surface area is 125 Å². The minimum atomic E-state index is -2.96. The summed E-state index contributed by atoms with van der Waals surface area (Å²) in [7, 11) is -1.10. The highest BCUT2D eigenvalue weighted by Gasteiger charge is 2.20. The third kappa shape index (κ3) is 4.79. The van der Waals surface area contributed by atoms with Gasteiger partial charge in [0, 0.05) is 28.7 Å². The molecule has 1 aromatic rings. The summed E-state index contributed by atoms with van der Waals surface area (Å²) in [5.74, 6) is 0.125. The Morgan fingerprint density at radius 2 is 2.22 bits per heavy atom. The van der Waals surface area contributed by atoms with E-state index in [1.165, 1.54) is 17.6 Å². The van der Waals surface area contributed by atoms with Gasteiger partial charge in [0.1, 0.15) is 14.2 Å². The van der Waals surface area contributed by atoms with E-state index in [0.717, 1.165) is 9.35 Å². The molecule has 0 bridgehead atoms. The van der Waals surface area contributed by atoms with Crippen molar-refractivity contribution in [3.63, 3.8) is 0 Å². The van der Waals surface area contributed by atoms with Gasteiger partial charge in [0.05, 0.1) is 11.8 Å². The summed E-state index contributed by atoms with van der Waals surface area (Å²) in [6, 6.07) is 1.92.